The Labute approximate surface area is 96.3 Å². The lowest BCUT2D eigenvalue weighted by molar-refractivity contribution is 1.13. The molecular formula is C12H18N4. The summed E-state index contributed by atoms with van der Waals surface area (Å²) >= 11 is 0. The van der Waals surface area contributed by atoms with E-state index in [4.69, 9.17) is 11.5 Å². The molecule has 16 heavy (non-hydrogen) atoms. The van der Waals surface area contributed by atoms with Gasteiger partial charge in [-0.05, 0) is 31.2 Å². The van der Waals surface area contributed by atoms with E-state index in [1.807, 2.05) is 43.3 Å². The van der Waals surface area contributed by atoms with E-state index in [0.29, 0.717) is 11.5 Å². The number of anilines is 1. The molecule has 1 rings (SSSR count). The van der Waals surface area contributed by atoms with Crippen molar-refractivity contribution >= 4 is 17.2 Å². The largest absolute Gasteiger partial charge is 0.402 e. The van der Waals surface area contributed by atoms with Crippen LogP contribution in [0.2, 0.25) is 0 Å². The van der Waals surface area contributed by atoms with Crippen LogP contribution in [-0.4, -0.2) is 19.9 Å². The summed E-state index contributed by atoms with van der Waals surface area (Å²) in [6, 6.07) is 7.83. The highest BCUT2D eigenvalue weighted by atomic mass is 15.1. The van der Waals surface area contributed by atoms with Gasteiger partial charge in [-0.2, -0.15) is 0 Å². The summed E-state index contributed by atoms with van der Waals surface area (Å²) in [7, 11) is 3.96. The van der Waals surface area contributed by atoms with Crippen molar-refractivity contribution in [3.63, 3.8) is 0 Å². The van der Waals surface area contributed by atoms with Crippen LogP contribution in [0, 0.1) is 0 Å². The van der Waals surface area contributed by atoms with Crippen molar-refractivity contribution in [2.75, 3.05) is 19.0 Å². The minimum absolute atomic E-state index is 0.413. The van der Waals surface area contributed by atoms with Crippen LogP contribution in [0.15, 0.2) is 41.0 Å². The van der Waals surface area contributed by atoms with Crippen LogP contribution in [-0.2, 0) is 0 Å². The summed E-state index contributed by atoms with van der Waals surface area (Å²) in [4.78, 5) is 6.27. The third kappa shape index (κ3) is 3.65. The zero-order chi connectivity index (χ0) is 12.1. The molecule has 0 spiro atoms. The van der Waals surface area contributed by atoms with Crippen LogP contribution in [0.4, 0.5) is 11.4 Å². The molecule has 0 fully saturated rings. The van der Waals surface area contributed by atoms with Crippen LogP contribution in [0.3, 0.4) is 0 Å². The molecule has 0 heterocycles. The van der Waals surface area contributed by atoms with E-state index in [2.05, 4.69) is 4.99 Å². The molecular weight excluding hydrogens is 200 g/mol. The molecule has 0 aliphatic heterocycles. The number of aliphatic imine (C=N–C) groups is 1. The minimum atomic E-state index is 0.413. The maximum atomic E-state index is 5.71. The van der Waals surface area contributed by atoms with Crippen LogP contribution < -0.4 is 16.4 Å². The lowest BCUT2D eigenvalue weighted by Gasteiger charge is -2.12. The first-order valence-corrected chi connectivity index (χ1v) is 5.04. The SMILES string of the molecule is CC(N)=CC(N)=Nc1cccc(N(C)C)c1. The number of rotatable bonds is 3. The van der Waals surface area contributed by atoms with E-state index in [0.717, 1.165) is 11.4 Å². The zero-order valence-electron chi connectivity index (χ0n) is 9.94. The Balaban J connectivity index is 2.97. The van der Waals surface area contributed by atoms with Gasteiger partial charge in [-0.1, -0.05) is 6.07 Å². The van der Waals surface area contributed by atoms with Gasteiger partial charge in [-0.15, -0.1) is 0 Å². The second-order valence-electron chi connectivity index (χ2n) is 3.84. The predicted octanol–water partition coefficient (Wildman–Crippen LogP) is 1.60. The van der Waals surface area contributed by atoms with Crippen LogP contribution in [0.25, 0.3) is 0 Å². The molecule has 0 aromatic heterocycles. The first kappa shape index (κ1) is 12.1. The molecule has 4 nitrogen and oxygen atoms in total. The Morgan fingerprint density at radius 1 is 1.31 bits per heavy atom. The van der Waals surface area contributed by atoms with Crippen molar-refractivity contribution in [3.05, 3.63) is 36.0 Å². The molecule has 0 unspecified atom stereocenters. The molecule has 0 bridgehead atoms. The molecule has 0 amide bonds. The summed E-state index contributed by atoms with van der Waals surface area (Å²) in [6.45, 7) is 1.78. The van der Waals surface area contributed by atoms with Crippen LogP contribution in [0.5, 0.6) is 0 Å². The monoisotopic (exact) mass is 218 g/mol. The minimum Gasteiger partial charge on any atom is -0.402 e. The average Bonchev–Trinajstić information content (AvgIpc) is 2.16. The van der Waals surface area contributed by atoms with Gasteiger partial charge in [0.1, 0.15) is 5.84 Å². The van der Waals surface area contributed by atoms with Crippen molar-refractivity contribution in [3.8, 4) is 0 Å². The summed E-state index contributed by atoms with van der Waals surface area (Å²) in [5.41, 5.74) is 13.8. The number of hydrogen-bond acceptors (Lipinski definition) is 3. The van der Waals surface area contributed by atoms with Gasteiger partial charge in [-0.3, -0.25) is 0 Å². The molecule has 0 saturated heterocycles. The molecule has 0 atom stereocenters. The number of allylic oxidation sites excluding steroid dienone is 1. The third-order valence-electron chi connectivity index (χ3n) is 1.98. The molecule has 4 N–H and O–H groups in total. The zero-order valence-corrected chi connectivity index (χ0v) is 9.94. The first-order chi connectivity index (χ1) is 7.49. The van der Waals surface area contributed by atoms with Crippen molar-refractivity contribution in [2.24, 2.45) is 16.5 Å². The number of amidine groups is 1. The van der Waals surface area contributed by atoms with E-state index in [9.17, 15) is 0 Å². The fraction of sp³-hybridized carbons (Fsp3) is 0.250. The van der Waals surface area contributed by atoms with E-state index in [1.165, 1.54) is 0 Å². The summed E-state index contributed by atoms with van der Waals surface area (Å²) in [5.74, 6) is 0.413. The van der Waals surface area contributed by atoms with Crippen molar-refractivity contribution in [2.45, 2.75) is 6.92 Å². The first-order valence-electron chi connectivity index (χ1n) is 5.04. The second-order valence-corrected chi connectivity index (χ2v) is 3.84. The van der Waals surface area contributed by atoms with E-state index in [1.54, 1.807) is 13.0 Å². The fourth-order valence-electron chi connectivity index (χ4n) is 1.26. The molecule has 0 aliphatic carbocycles. The lowest BCUT2D eigenvalue weighted by Crippen LogP contribution is -2.10. The van der Waals surface area contributed by atoms with E-state index in [-0.39, 0.29) is 0 Å². The topological polar surface area (TPSA) is 67.6 Å². The lowest BCUT2D eigenvalue weighted by atomic mass is 10.2. The number of nitrogens with zero attached hydrogens (tertiary/aromatic N) is 2. The maximum absolute atomic E-state index is 5.71. The highest BCUT2D eigenvalue weighted by Crippen LogP contribution is 2.19. The number of nitrogens with two attached hydrogens (primary N) is 2. The van der Waals surface area contributed by atoms with Gasteiger partial charge in [0, 0.05) is 25.5 Å². The molecule has 1 aromatic rings. The van der Waals surface area contributed by atoms with Crippen molar-refractivity contribution < 1.29 is 0 Å². The second kappa shape index (κ2) is 5.21. The molecule has 1 aromatic carbocycles. The van der Waals surface area contributed by atoms with E-state index >= 15 is 0 Å². The Morgan fingerprint density at radius 3 is 2.56 bits per heavy atom. The third-order valence-corrected chi connectivity index (χ3v) is 1.98. The molecule has 0 radical (unpaired) electrons. The molecule has 0 aliphatic rings. The average molecular weight is 218 g/mol. The Morgan fingerprint density at radius 2 is 2.00 bits per heavy atom. The Hall–Kier alpha value is -1.97. The van der Waals surface area contributed by atoms with Gasteiger partial charge in [-0.25, -0.2) is 4.99 Å². The van der Waals surface area contributed by atoms with Crippen molar-refractivity contribution in [1.82, 2.24) is 0 Å². The highest BCUT2D eigenvalue weighted by Gasteiger charge is 1.96. The fourth-order valence-corrected chi connectivity index (χ4v) is 1.26. The molecule has 86 valence electrons. The summed E-state index contributed by atoms with van der Waals surface area (Å²) < 4.78 is 0. The Bertz CT molecular complexity index is 415. The molecule has 0 saturated carbocycles. The quantitative estimate of drug-likeness (QED) is 0.598. The van der Waals surface area contributed by atoms with E-state index < -0.39 is 0 Å². The summed E-state index contributed by atoms with van der Waals surface area (Å²) in [5, 5.41) is 0. The summed E-state index contributed by atoms with van der Waals surface area (Å²) in [6.07, 6.45) is 1.64. The smallest absolute Gasteiger partial charge is 0.125 e. The maximum Gasteiger partial charge on any atom is 0.125 e. The predicted molar refractivity (Wildman–Crippen MR) is 70.0 cm³/mol. The van der Waals surface area contributed by atoms with Crippen molar-refractivity contribution in [1.29, 1.82) is 0 Å². The van der Waals surface area contributed by atoms with Gasteiger partial charge < -0.3 is 16.4 Å². The highest BCUT2D eigenvalue weighted by molar-refractivity contribution is 5.93. The standard InChI is InChI=1S/C12H18N4/c1-9(13)7-12(14)15-10-5-4-6-11(8-10)16(2)3/h4-8H,13H2,1-3H3,(H2,14,15). The molecule has 4 heteroatoms. The number of hydrogen-bond donors (Lipinski definition) is 2. The van der Waals surface area contributed by atoms with Crippen LogP contribution in [0.1, 0.15) is 6.92 Å². The van der Waals surface area contributed by atoms with Crippen LogP contribution >= 0.6 is 0 Å². The van der Waals surface area contributed by atoms with Gasteiger partial charge in [0.2, 0.25) is 0 Å². The number of benzene rings is 1. The Kier molecular flexibility index (Phi) is 3.94. The van der Waals surface area contributed by atoms with Gasteiger partial charge >= 0.3 is 0 Å². The van der Waals surface area contributed by atoms with Gasteiger partial charge in [0.25, 0.3) is 0 Å². The van der Waals surface area contributed by atoms with Gasteiger partial charge in [0.05, 0.1) is 5.69 Å². The normalized spacial score (nSPS) is 12.7. The van der Waals surface area contributed by atoms with Gasteiger partial charge in [0.15, 0.2) is 0 Å².